The zero-order chi connectivity index (χ0) is 14.7. The summed E-state index contributed by atoms with van der Waals surface area (Å²) in [6.45, 7) is 3.58. The van der Waals surface area contributed by atoms with Crippen LogP contribution in [-0.4, -0.2) is 31.8 Å². The van der Waals surface area contributed by atoms with Gasteiger partial charge in [-0.15, -0.1) is 0 Å². The van der Waals surface area contributed by atoms with Gasteiger partial charge < -0.3 is 9.84 Å². The van der Waals surface area contributed by atoms with Gasteiger partial charge in [0.1, 0.15) is 11.4 Å². The Kier molecular flexibility index (Phi) is 3.79. The fraction of sp³-hybridized carbons (Fsp3) is 0.231. The molecular weight excluding hydrogens is 262 g/mol. The van der Waals surface area contributed by atoms with Crippen molar-refractivity contribution in [2.45, 2.75) is 19.9 Å². The number of ether oxygens (including phenoxy) is 1. The van der Waals surface area contributed by atoms with Gasteiger partial charge in [-0.05, 0) is 26.0 Å². The third kappa shape index (κ3) is 2.82. The second-order valence-electron chi connectivity index (χ2n) is 4.34. The smallest absolute Gasteiger partial charge is 0.362 e. The van der Waals surface area contributed by atoms with Crippen LogP contribution in [-0.2, 0) is 0 Å². The van der Waals surface area contributed by atoms with E-state index >= 15 is 0 Å². The predicted molar refractivity (Wildman–Crippen MR) is 68.8 cm³/mol. The van der Waals surface area contributed by atoms with E-state index < -0.39 is 11.9 Å². The van der Waals surface area contributed by atoms with Crippen LogP contribution in [0.3, 0.4) is 0 Å². The maximum absolute atomic E-state index is 12.1. The Balaban J connectivity index is 2.31. The lowest BCUT2D eigenvalue weighted by atomic mass is 10.3. The van der Waals surface area contributed by atoms with Crippen LogP contribution in [0, 0.1) is 0 Å². The monoisotopic (exact) mass is 275 g/mol. The van der Waals surface area contributed by atoms with Crippen molar-refractivity contribution in [1.29, 1.82) is 0 Å². The topological polar surface area (TPSA) is 94.3 Å². The first-order chi connectivity index (χ1) is 9.49. The fourth-order valence-electron chi connectivity index (χ4n) is 1.61. The minimum atomic E-state index is -1.19. The lowest BCUT2D eigenvalue weighted by Crippen LogP contribution is -2.17. The maximum Gasteiger partial charge on any atom is 0.362 e. The summed E-state index contributed by atoms with van der Waals surface area (Å²) in [5.41, 5.74) is -0.113. The van der Waals surface area contributed by atoms with Crippen molar-refractivity contribution >= 4 is 11.9 Å². The van der Waals surface area contributed by atoms with Gasteiger partial charge in [-0.25, -0.2) is 9.59 Å². The number of carbonyl (C=O) groups excluding carboxylic acids is 1. The van der Waals surface area contributed by atoms with Gasteiger partial charge in [-0.1, -0.05) is 0 Å². The average Bonchev–Trinajstić information content (AvgIpc) is 2.85. The first-order valence-corrected chi connectivity index (χ1v) is 5.94. The molecule has 0 aliphatic rings. The van der Waals surface area contributed by atoms with Crippen molar-refractivity contribution in [2.24, 2.45) is 0 Å². The highest BCUT2D eigenvalue weighted by Gasteiger charge is 2.21. The van der Waals surface area contributed by atoms with Crippen molar-refractivity contribution in [1.82, 2.24) is 14.8 Å². The molecule has 0 unspecified atom stereocenters. The van der Waals surface area contributed by atoms with Gasteiger partial charge in [0.05, 0.1) is 6.20 Å². The third-order valence-electron chi connectivity index (χ3n) is 2.50. The molecule has 0 aromatic carbocycles. The minimum absolute atomic E-state index is 0.0845. The number of nitrogens with zero attached hydrogens (tertiary/aromatic N) is 3. The number of carboxylic acids is 1. The molecule has 0 saturated heterocycles. The van der Waals surface area contributed by atoms with E-state index in [1.807, 2.05) is 0 Å². The van der Waals surface area contributed by atoms with Crippen molar-refractivity contribution in [3.8, 4) is 5.75 Å². The van der Waals surface area contributed by atoms with Crippen molar-refractivity contribution in [3.63, 3.8) is 0 Å². The molecule has 0 fully saturated rings. The molecule has 0 spiro atoms. The molecule has 0 amide bonds. The van der Waals surface area contributed by atoms with E-state index in [1.54, 1.807) is 32.2 Å². The van der Waals surface area contributed by atoms with Crippen molar-refractivity contribution in [3.05, 3.63) is 42.0 Å². The van der Waals surface area contributed by atoms with Gasteiger partial charge in [-0.2, -0.15) is 5.10 Å². The molecule has 7 nitrogen and oxygen atoms in total. The van der Waals surface area contributed by atoms with Gasteiger partial charge in [0.15, 0.2) is 5.69 Å². The third-order valence-corrected chi connectivity index (χ3v) is 2.50. The predicted octanol–water partition coefficient (Wildman–Crippen LogP) is 1.78. The summed E-state index contributed by atoms with van der Waals surface area (Å²) in [5, 5.41) is 12.8. The molecule has 0 aliphatic carbocycles. The number of hydrogen-bond acceptors (Lipinski definition) is 5. The van der Waals surface area contributed by atoms with Gasteiger partial charge in [-0.3, -0.25) is 9.67 Å². The largest absolute Gasteiger partial charge is 0.476 e. The maximum atomic E-state index is 12.1. The Morgan fingerprint density at radius 3 is 2.70 bits per heavy atom. The minimum Gasteiger partial charge on any atom is -0.476 e. The molecule has 0 radical (unpaired) electrons. The fourth-order valence-corrected chi connectivity index (χ4v) is 1.61. The number of esters is 1. The highest BCUT2D eigenvalue weighted by Crippen LogP contribution is 2.15. The molecule has 2 heterocycles. The Hall–Kier alpha value is -2.70. The summed E-state index contributed by atoms with van der Waals surface area (Å²) in [6.07, 6.45) is 2.95. The van der Waals surface area contributed by atoms with Gasteiger partial charge in [0.25, 0.3) is 0 Å². The molecular formula is C13H13N3O4. The summed E-state index contributed by atoms with van der Waals surface area (Å²) in [7, 11) is 0. The van der Waals surface area contributed by atoms with Gasteiger partial charge >= 0.3 is 11.9 Å². The van der Waals surface area contributed by atoms with E-state index in [9.17, 15) is 9.59 Å². The van der Waals surface area contributed by atoms with Crippen LogP contribution >= 0.6 is 0 Å². The van der Waals surface area contributed by atoms with Crippen LogP contribution in [0.4, 0.5) is 0 Å². The highest BCUT2D eigenvalue weighted by atomic mass is 16.5. The molecule has 7 heteroatoms. The van der Waals surface area contributed by atoms with Gasteiger partial charge in [0, 0.05) is 18.3 Å². The van der Waals surface area contributed by atoms with E-state index in [-0.39, 0.29) is 23.2 Å². The van der Waals surface area contributed by atoms with Crippen LogP contribution in [0.25, 0.3) is 0 Å². The van der Waals surface area contributed by atoms with E-state index in [0.29, 0.717) is 0 Å². The van der Waals surface area contributed by atoms with Crippen LogP contribution in [0.5, 0.6) is 5.75 Å². The lowest BCUT2D eigenvalue weighted by Gasteiger charge is -2.09. The Morgan fingerprint density at radius 2 is 2.15 bits per heavy atom. The normalized spacial score (nSPS) is 10.6. The number of carboxylic acid groups (broad SMARTS) is 1. The number of rotatable bonds is 4. The average molecular weight is 275 g/mol. The second-order valence-corrected chi connectivity index (χ2v) is 4.34. The number of aromatic nitrogens is 3. The Labute approximate surface area is 114 Å². The van der Waals surface area contributed by atoms with E-state index in [4.69, 9.17) is 9.84 Å². The molecule has 0 bridgehead atoms. The SMILES string of the molecule is CC(C)n1nc(C(=O)O)cc1C(=O)Oc1cccnc1. The molecule has 2 rings (SSSR count). The highest BCUT2D eigenvalue weighted by molar-refractivity contribution is 5.93. The summed E-state index contributed by atoms with van der Waals surface area (Å²) in [6, 6.07) is 4.24. The Bertz CT molecular complexity index is 634. The van der Waals surface area contributed by atoms with Crippen LogP contribution in [0.1, 0.15) is 40.9 Å². The number of carbonyl (C=O) groups is 2. The van der Waals surface area contributed by atoms with E-state index in [1.165, 1.54) is 16.9 Å². The van der Waals surface area contributed by atoms with Gasteiger partial charge in [0.2, 0.25) is 0 Å². The molecule has 2 aromatic rings. The van der Waals surface area contributed by atoms with Crippen molar-refractivity contribution in [2.75, 3.05) is 0 Å². The molecule has 20 heavy (non-hydrogen) atoms. The number of aromatic carboxylic acids is 1. The van der Waals surface area contributed by atoms with Crippen LogP contribution in [0.2, 0.25) is 0 Å². The van der Waals surface area contributed by atoms with Crippen molar-refractivity contribution < 1.29 is 19.4 Å². The first kappa shape index (κ1) is 13.7. The summed E-state index contributed by atoms with van der Waals surface area (Å²) in [5.74, 6) is -1.59. The number of pyridine rings is 1. The lowest BCUT2D eigenvalue weighted by molar-refractivity contribution is 0.0686. The molecule has 104 valence electrons. The zero-order valence-corrected chi connectivity index (χ0v) is 11.0. The number of hydrogen-bond donors (Lipinski definition) is 1. The Morgan fingerprint density at radius 1 is 1.40 bits per heavy atom. The second kappa shape index (κ2) is 5.52. The standard InChI is InChI=1S/C13H13N3O4/c1-8(2)16-11(6-10(15-16)12(17)18)13(19)20-9-4-3-5-14-7-9/h3-8H,1-2H3,(H,17,18). The summed E-state index contributed by atoms with van der Waals surface area (Å²) >= 11 is 0. The molecule has 0 atom stereocenters. The van der Waals surface area contributed by atoms with E-state index in [2.05, 4.69) is 10.1 Å². The first-order valence-electron chi connectivity index (χ1n) is 5.94. The quantitative estimate of drug-likeness (QED) is 0.854. The molecule has 1 N–H and O–H groups in total. The summed E-state index contributed by atoms with van der Waals surface area (Å²) < 4.78 is 6.45. The molecule has 2 aromatic heterocycles. The molecule has 0 aliphatic heterocycles. The summed E-state index contributed by atoms with van der Waals surface area (Å²) in [4.78, 5) is 26.8. The van der Waals surface area contributed by atoms with Crippen LogP contribution in [0.15, 0.2) is 30.6 Å². The molecule has 0 saturated carbocycles. The zero-order valence-electron chi connectivity index (χ0n) is 11.0. The van der Waals surface area contributed by atoms with Crippen LogP contribution < -0.4 is 4.74 Å². The van der Waals surface area contributed by atoms with E-state index in [0.717, 1.165) is 0 Å².